The van der Waals surface area contributed by atoms with Crippen LogP contribution in [-0.2, 0) is 21.6 Å². The molecular weight excluding hydrogens is 244 g/mol. The standard InChI is InChI=1S/C8H7ClO3S2/c9-7-1-5-3-13-4-6(5)2-8(7)14(10,11)12/h1-2H,3-4H2,(H,10,11,12). The van der Waals surface area contributed by atoms with Gasteiger partial charge in [-0.25, -0.2) is 0 Å². The zero-order valence-corrected chi connectivity index (χ0v) is 9.42. The van der Waals surface area contributed by atoms with Crippen LogP contribution in [0, 0.1) is 0 Å². The van der Waals surface area contributed by atoms with E-state index in [1.165, 1.54) is 6.07 Å². The van der Waals surface area contributed by atoms with Crippen molar-refractivity contribution < 1.29 is 13.0 Å². The number of benzene rings is 1. The van der Waals surface area contributed by atoms with E-state index < -0.39 is 10.1 Å². The number of halogens is 1. The molecule has 0 spiro atoms. The Bertz CT molecular complexity index is 482. The average Bonchev–Trinajstić information content (AvgIpc) is 2.47. The third-order valence-electron chi connectivity index (χ3n) is 2.05. The van der Waals surface area contributed by atoms with E-state index in [0.29, 0.717) is 0 Å². The van der Waals surface area contributed by atoms with Gasteiger partial charge in [-0.05, 0) is 23.3 Å². The van der Waals surface area contributed by atoms with E-state index in [9.17, 15) is 8.42 Å². The third-order valence-corrected chi connectivity index (χ3v) is 4.40. The number of fused-ring (bicyclic) bond motifs is 1. The first-order valence-corrected chi connectivity index (χ1v) is 6.82. The van der Waals surface area contributed by atoms with Crippen LogP contribution in [0.4, 0.5) is 0 Å². The highest BCUT2D eigenvalue weighted by Crippen LogP contribution is 2.35. The van der Waals surface area contributed by atoms with Crippen molar-refractivity contribution >= 4 is 33.5 Å². The maximum atomic E-state index is 10.9. The average molecular weight is 251 g/mol. The summed E-state index contributed by atoms with van der Waals surface area (Å²) in [5, 5.41) is 0.0914. The van der Waals surface area contributed by atoms with Crippen LogP contribution in [0.5, 0.6) is 0 Å². The molecule has 76 valence electrons. The molecule has 1 N–H and O–H groups in total. The minimum atomic E-state index is -4.20. The van der Waals surface area contributed by atoms with Crippen LogP contribution in [0.1, 0.15) is 11.1 Å². The summed E-state index contributed by atoms with van der Waals surface area (Å²) in [6, 6.07) is 3.06. The fourth-order valence-electron chi connectivity index (χ4n) is 1.37. The van der Waals surface area contributed by atoms with E-state index in [0.717, 1.165) is 22.6 Å². The fourth-order valence-corrected chi connectivity index (χ4v) is 3.53. The Balaban J connectivity index is 2.65. The molecule has 0 saturated carbocycles. The molecule has 3 nitrogen and oxygen atoms in total. The molecular formula is C8H7ClO3S2. The molecule has 2 rings (SSSR count). The largest absolute Gasteiger partial charge is 0.296 e. The van der Waals surface area contributed by atoms with E-state index >= 15 is 0 Å². The first-order chi connectivity index (χ1) is 6.48. The van der Waals surface area contributed by atoms with Gasteiger partial charge >= 0.3 is 0 Å². The van der Waals surface area contributed by atoms with Gasteiger partial charge in [-0.15, -0.1) is 0 Å². The molecule has 0 atom stereocenters. The quantitative estimate of drug-likeness (QED) is 0.778. The number of rotatable bonds is 1. The number of thioether (sulfide) groups is 1. The summed E-state index contributed by atoms with van der Waals surface area (Å²) in [7, 11) is -4.20. The van der Waals surface area contributed by atoms with Crippen molar-refractivity contribution in [1.29, 1.82) is 0 Å². The van der Waals surface area contributed by atoms with E-state index in [2.05, 4.69) is 0 Å². The summed E-state index contributed by atoms with van der Waals surface area (Å²) in [4.78, 5) is -0.194. The smallest absolute Gasteiger partial charge is 0.282 e. The predicted octanol–water partition coefficient (Wildman–Crippen LogP) is 2.33. The van der Waals surface area contributed by atoms with E-state index in [4.69, 9.17) is 16.2 Å². The summed E-state index contributed by atoms with van der Waals surface area (Å²) in [5.41, 5.74) is 1.99. The van der Waals surface area contributed by atoms with Crippen LogP contribution in [0.15, 0.2) is 17.0 Å². The molecule has 1 heterocycles. The molecule has 0 radical (unpaired) electrons. The molecule has 0 fully saturated rings. The Morgan fingerprint density at radius 3 is 2.43 bits per heavy atom. The number of hydrogen-bond acceptors (Lipinski definition) is 3. The molecule has 1 aliphatic heterocycles. The molecule has 0 unspecified atom stereocenters. The molecule has 1 aromatic carbocycles. The van der Waals surface area contributed by atoms with Crippen LogP contribution >= 0.6 is 23.4 Å². The van der Waals surface area contributed by atoms with E-state index in [-0.39, 0.29) is 9.92 Å². The Kier molecular flexibility index (Phi) is 2.51. The zero-order chi connectivity index (χ0) is 10.3. The van der Waals surface area contributed by atoms with Crippen LogP contribution < -0.4 is 0 Å². The molecule has 0 amide bonds. The highest BCUT2D eigenvalue weighted by atomic mass is 35.5. The van der Waals surface area contributed by atoms with E-state index in [1.54, 1.807) is 17.8 Å². The second kappa shape index (κ2) is 3.41. The van der Waals surface area contributed by atoms with Crippen LogP contribution in [0.3, 0.4) is 0 Å². The van der Waals surface area contributed by atoms with Gasteiger partial charge in [0, 0.05) is 11.5 Å². The lowest BCUT2D eigenvalue weighted by Gasteiger charge is -2.04. The van der Waals surface area contributed by atoms with Crippen molar-refractivity contribution in [2.75, 3.05) is 0 Å². The zero-order valence-electron chi connectivity index (χ0n) is 7.03. The second-order valence-electron chi connectivity index (χ2n) is 3.02. The minimum Gasteiger partial charge on any atom is -0.282 e. The van der Waals surface area contributed by atoms with Gasteiger partial charge in [0.1, 0.15) is 4.90 Å². The first kappa shape index (κ1) is 10.3. The van der Waals surface area contributed by atoms with E-state index in [1.807, 2.05) is 0 Å². The Morgan fingerprint density at radius 1 is 1.29 bits per heavy atom. The highest BCUT2D eigenvalue weighted by molar-refractivity contribution is 7.98. The van der Waals surface area contributed by atoms with Gasteiger partial charge in [0.2, 0.25) is 0 Å². The van der Waals surface area contributed by atoms with Gasteiger partial charge < -0.3 is 0 Å². The second-order valence-corrected chi connectivity index (χ2v) is 5.80. The molecule has 1 aliphatic rings. The molecule has 14 heavy (non-hydrogen) atoms. The SMILES string of the molecule is O=S(=O)(O)c1cc2c(cc1Cl)CSC2. The normalized spacial score (nSPS) is 15.6. The van der Waals surface area contributed by atoms with Crippen molar-refractivity contribution in [2.45, 2.75) is 16.4 Å². The van der Waals surface area contributed by atoms with Gasteiger partial charge in [-0.3, -0.25) is 4.55 Å². The highest BCUT2D eigenvalue weighted by Gasteiger charge is 2.20. The van der Waals surface area contributed by atoms with Gasteiger partial charge in [0.05, 0.1) is 5.02 Å². The van der Waals surface area contributed by atoms with Crippen LogP contribution in [0.25, 0.3) is 0 Å². The number of hydrogen-bond donors (Lipinski definition) is 1. The molecule has 0 aromatic heterocycles. The van der Waals surface area contributed by atoms with Crippen molar-refractivity contribution in [3.8, 4) is 0 Å². The van der Waals surface area contributed by atoms with Crippen molar-refractivity contribution in [2.24, 2.45) is 0 Å². The Morgan fingerprint density at radius 2 is 1.86 bits per heavy atom. The van der Waals surface area contributed by atoms with Gasteiger partial charge in [-0.1, -0.05) is 11.6 Å². The predicted molar refractivity (Wildman–Crippen MR) is 56.3 cm³/mol. The van der Waals surface area contributed by atoms with Gasteiger partial charge in [0.25, 0.3) is 10.1 Å². The lowest BCUT2D eigenvalue weighted by molar-refractivity contribution is 0.483. The molecule has 6 heteroatoms. The summed E-state index contributed by atoms with van der Waals surface area (Å²) in [6.45, 7) is 0. The van der Waals surface area contributed by atoms with Gasteiger partial charge in [-0.2, -0.15) is 20.2 Å². The molecule has 0 saturated heterocycles. The maximum Gasteiger partial charge on any atom is 0.296 e. The maximum absolute atomic E-state index is 10.9. The lowest BCUT2D eigenvalue weighted by atomic mass is 10.1. The van der Waals surface area contributed by atoms with Crippen LogP contribution in [-0.4, -0.2) is 13.0 Å². The minimum absolute atomic E-state index is 0.0914. The third kappa shape index (κ3) is 1.77. The van der Waals surface area contributed by atoms with Crippen LogP contribution in [0.2, 0.25) is 5.02 Å². The van der Waals surface area contributed by atoms with Gasteiger partial charge in [0.15, 0.2) is 0 Å². The molecule has 0 bridgehead atoms. The summed E-state index contributed by atoms with van der Waals surface area (Å²) in [6.07, 6.45) is 0. The summed E-state index contributed by atoms with van der Waals surface area (Å²) >= 11 is 7.44. The summed E-state index contributed by atoms with van der Waals surface area (Å²) < 4.78 is 30.7. The Labute approximate surface area is 91.2 Å². The molecule has 1 aromatic rings. The topological polar surface area (TPSA) is 54.4 Å². The fraction of sp³-hybridized carbons (Fsp3) is 0.250. The lowest BCUT2D eigenvalue weighted by Crippen LogP contribution is -2.00. The van der Waals surface area contributed by atoms with Crippen molar-refractivity contribution in [3.05, 3.63) is 28.3 Å². The summed E-state index contributed by atoms with van der Waals surface area (Å²) in [5.74, 6) is 1.62. The Hall–Kier alpha value is -0.230. The molecule has 0 aliphatic carbocycles. The van der Waals surface area contributed by atoms with Crippen molar-refractivity contribution in [3.63, 3.8) is 0 Å². The first-order valence-electron chi connectivity index (χ1n) is 3.85. The monoisotopic (exact) mass is 250 g/mol. The van der Waals surface area contributed by atoms with Crippen molar-refractivity contribution in [1.82, 2.24) is 0 Å².